The lowest BCUT2D eigenvalue weighted by molar-refractivity contribution is 0.484. The van der Waals surface area contributed by atoms with Crippen LogP contribution in [-0.4, -0.2) is 9.78 Å². The van der Waals surface area contributed by atoms with Gasteiger partial charge in [0.2, 0.25) is 0 Å². The minimum absolute atomic E-state index is 0.223. The number of rotatable bonds is 2. The highest BCUT2D eigenvalue weighted by Gasteiger charge is 2.22. The molecule has 5 heteroatoms. The Bertz CT molecular complexity index is 621. The van der Waals surface area contributed by atoms with E-state index in [2.05, 4.69) is 21.0 Å². The van der Waals surface area contributed by atoms with Crippen LogP contribution in [0.25, 0.3) is 11.1 Å². The molecule has 1 aromatic heterocycles. The van der Waals surface area contributed by atoms with Crippen molar-refractivity contribution in [2.75, 3.05) is 0 Å². The van der Waals surface area contributed by atoms with Crippen LogP contribution in [0.5, 0.6) is 0 Å². The lowest BCUT2D eigenvalue weighted by Crippen LogP contribution is -2.11. The molecule has 0 bridgehead atoms. The van der Waals surface area contributed by atoms with Crippen LogP contribution in [0.4, 0.5) is 4.39 Å². The van der Waals surface area contributed by atoms with Crippen molar-refractivity contribution in [3.8, 4) is 11.1 Å². The molecule has 0 radical (unpaired) electrons. The van der Waals surface area contributed by atoms with E-state index in [1.807, 2.05) is 4.68 Å². The lowest BCUT2D eigenvalue weighted by Gasteiger charge is -2.15. The van der Waals surface area contributed by atoms with Crippen LogP contribution in [0.3, 0.4) is 0 Å². The van der Waals surface area contributed by atoms with E-state index >= 15 is 0 Å². The van der Waals surface area contributed by atoms with E-state index in [9.17, 15) is 4.39 Å². The topological polar surface area (TPSA) is 43.8 Å². The molecule has 0 saturated heterocycles. The summed E-state index contributed by atoms with van der Waals surface area (Å²) in [6, 6.07) is 4.99. The van der Waals surface area contributed by atoms with Gasteiger partial charge in [0.05, 0.1) is 5.69 Å². The highest BCUT2D eigenvalue weighted by atomic mass is 79.9. The first-order chi connectivity index (χ1) is 9.20. The normalized spacial score (nSPS) is 14.5. The minimum atomic E-state index is -0.223. The molecule has 2 heterocycles. The van der Waals surface area contributed by atoms with Crippen molar-refractivity contribution in [3.05, 3.63) is 39.9 Å². The predicted octanol–water partition coefficient (Wildman–Crippen LogP) is 3.25. The third-order valence-electron chi connectivity index (χ3n) is 3.55. The fourth-order valence-corrected chi connectivity index (χ4v) is 3.05. The molecule has 3 rings (SSSR count). The first-order valence-electron chi connectivity index (χ1n) is 6.44. The number of benzene rings is 1. The van der Waals surface area contributed by atoms with Gasteiger partial charge in [-0.15, -0.1) is 0 Å². The highest BCUT2D eigenvalue weighted by molar-refractivity contribution is 9.10. The van der Waals surface area contributed by atoms with Gasteiger partial charge < -0.3 is 5.73 Å². The summed E-state index contributed by atoms with van der Waals surface area (Å²) >= 11 is 3.40. The largest absolute Gasteiger partial charge is 0.325 e. The molecule has 100 valence electrons. The molecule has 1 aliphatic rings. The summed E-state index contributed by atoms with van der Waals surface area (Å²) in [6.45, 7) is 1.24. The molecule has 0 spiro atoms. The molecule has 3 nitrogen and oxygen atoms in total. The zero-order chi connectivity index (χ0) is 13.4. The maximum absolute atomic E-state index is 14.1. The van der Waals surface area contributed by atoms with Crippen molar-refractivity contribution >= 4 is 15.9 Å². The molecule has 0 amide bonds. The summed E-state index contributed by atoms with van der Waals surface area (Å²) in [4.78, 5) is 0. The average molecular weight is 324 g/mol. The van der Waals surface area contributed by atoms with E-state index in [0.717, 1.165) is 47.2 Å². The predicted molar refractivity (Wildman–Crippen MR) is 76.2 cm³/mol. The van der Waals surface area contributed by atoms with Crippen LogP contribution in [0, 0.1) is 5.82 Å². The quantitative estimate of drug-likeness (QED) is 0.922. The first-order valence-corrected chi connectivity index (χ1v) is 7.24. The number of aromatic nitrogens is 2. The molecule has 0 atom stereocenters. The first kappa shape index (κ1) is 12.8. The summed E-state index contributed by atoms with van der Waals surface area (Å²) in [5.74, 6) is -0.223. The number of halogens is 2. The van der Waals surface area contributed by atoms with Gasteiger partial charge in [-0.3, -0.25) is 4.68 Å². The molecule has 19 heavy (non-hydrogen) atoms. The Kier molecular flexibility index (Phi) is 3.41. The second kappa shape index (κ2) is 5.06. The fraction of sp³-hybridized carbons (Fsp3) is 0.357. The van der Waals surface area contributed by atoms with Crippen LogP contribution < -0.4 is 5.73 Å². The Morgan fingerprint density at radius 1 is 1.37 bits per heavy atom. The van der Waals surface area contributed by atoms with E-state index < -0.39 is 0 Å². The number of nitrogens with two attached hydrogens (primary N) is 1. The van der Waals surface area contributed by atoms with Crippen molar-refractivity contribution < 1.29 is 4.39 Å². The van der Waals surface area contributed by atoms with Crippen molar-refractivity contribution in [2.24, 2.45) is 5.73 Å². The Morgan fingerprint density at radius 3 is 3.00 bits per heavy atom. The smallest absolute Gasteiger partial charge is 0.131 e. The molecule has 2 N–H and O–H groups in total. The van der Waals surface area contributed by atoms with Crippen molar-refractivity contribution in [1.29, 1.82) is 0 Å². The number of fused-ring (bicyclic) bond motifs is 1. The third-order valence-corrected chi connectivity index (χ3v) is 4.05. The summed E-state index contributed by atoms with van der Waals surface area (Å²) in [5, 5.41) is 4.53. The van der Waals surface area contributed by atoms with Gasteiger partial charge in [0.1, 0.15) is 5.82 Å². The molecule has 2 aromatic rings. The van der Waals surface area contributed by atoms with Crippen molar-refractivity contribution in [1.82, 2.24) is 9.78 Å². The number of nitrogens with zero attached hydrogens (tertiary/aromatic N) is 2. The Balaban J connectivity index is 2.23. The summed E-state index contributed by atoms with van der Waals surface area (Å²) in [6.07, 6.45) is 3.19. The molecule has 0 aliphatic carbocycles. The number of hydrogen-bond donors (Lipinski definition) is 1. The van der Waals surface area contributed by atoms with Crippen LogP contribution in [0.1, 0.15) is 24.2 Å². The van der Waals surface area contributed by atoms with Gasteiger partial charge in [-0.05, 0) is 37.5 Å². The molecular formula is C14H15BrFN3. The maximum atomic E-state index is 14.1. The van der Waals surface area contributed by atoms with Gasteiger partial charge >= 0.3 is 0 Å². The minimum Gasteiger partial charge on any atom is -0.325 e. The van der Waals surface area contributed by atoms with Crippen LogP contribution in [0.15, 0.2) is 22.7 Å². The van der Waals surface area contributed by atoms with Gasteiger partial charge in [0, 0.05) is 34.4 Å². The zero-order valence-corrected chi connectivity index (χ0v) is 12.1. The highest BCUT2D eigenvalue weighted by Crippen LogP contribution is 2.34. The number of hydrogen-bond acceptors (Lipinski definition) is 2. The van der Waals surface area contributed by atoms with Crippen LogP contribution >= 0.6 is 15.9 Å². The van der Waals surface area contributed by atoms with Crippen molar-refractivity contribution in [3.63, 3.8) is 0 Å². The van der Waals surface area contributed by atoms with Gasteiger partial charge in [-0.1, -0.05) is 15.9 Å². The second-order valence-corrected chi connectivity index (χ2v) is 5.69. The second-order valence-electron chi connectivity index (χ2n) is 4.78. The zero-order valence-electron chi connectivity index (χ0n) is 10.5. The monoisotopic (exact) mass is 323 g/mol. The van der Waals surface area contributed by atoms with Crippen LogP contribution in [-0.2, 0) is 19.5 Å². The van der Waals surface area contributed by atoms with Gasteiger partial charge in [-0.25, -0.2) is 4.39 Å². The Hall–Kier alpha value is -1.20. The van der Waals surface area contributed by atoms with Crippen molar-refractivity contribution in [2.45, 2.75) is 32.4 Å². The van der Waals surface area contributed by atoms with Gasteiger partial charge in [0.25, 0.3) is 0 Å². The van der Waals surface area contributed by atoms with E-state index in [4.69, 9.17) is 5.73 Å². The summed E-state index contributed by atoms with van der Waals surface area (Å²) < 4.78 is 17.0. The Labute approximate surface area is 119 Å². The molecule has 1 aromatic carbocycles. The fourth-order valence-electron chi connectivity index (χ4n) is 2.69. The molecule has 0 unspecified atom stereocenters. The summed E-state index contributed by atoms with van der Waals surface area (Å²) in [7, 11) is 0. The summed E-state index contributed by atoms with van der Waals surface area (Å²) in [5.41, 5.74) is 9.16. The molecule has 0 saturated carbocycles. The standard InChI is InChI=1S/C14H15BrFN3/c15-9-4-5-11(16)10(7-9)14-12(8-17)18-19-6-2-1-3-13(14)19/h4-5,7H,1-3,6,8,17H2. The lowest BCUT2D eigenvalue weighted by atomic mass is 9.98. The van der Waals surface area contributed by atoms with Gasteiger partial charge in [-0.2, -0.15) is 5.10 Å². The molecule has 0 fully saturated rings. The van der Waals surface area contributed by atoms with E-state index in [1.165, 1.54) is 6.07 Å². The SMILES string of the molecule is NCc1nn2c(c1-c1cc(Br)ccc1F)CCCC2. The average Bonchev–Trinajstić information content (AvgIpc) is 2.80. The van der Waals surface area contributed by atoms with Gasteiger partial charge in [0.15, 0.2) is 0 Å². The van der Waals surface area contributed by atoms with E-state index in [-0.39, 0.29) is 5.82 Å². The van der Waals surface area contributed by atoms with E-state index in [1.54, 1.807) is 12.1 Å². The molecular weight excluding hydrogens is 309 g/mol. The Morgan fingerprint density at radius 2 is 2.21 bits per heavy atom. The third kappa shape index (κ3) is 2.21. The van der Waals surface area contributed by atoms with Crippen LogP contribution in [0.2, 0.25) is 0 Å². The maximum Gasteiger partial charge on any atom is 0.131 e. The van der Waals surface area contributed by atoms with E-state index in [0.29, 0.717) is 12.1 Å². The number of aryl methyl sites for hydroxylation is 1. The molecule has 1 aliphatic heterocycles.